The second kappa shape index (κ2) is 57.0. The molecule has 0 rings (SSSR count). The number of carboxylic acids is 1. The molecule has 1 N–H and O–H groups in total. The van der Waals surface area contributed by atoms with Crippen LogP contribution in [0.15, 0.2) is 24.3 Å². The fourth-order valence-electron chi connectivity index (χ4n) is 9.52. The fraction of sp³-hybridized carbons (Fsp3) is 0.892. The second-order valence-electron chi connectivity index (χ2n) is 23.1. The van der Waals surface area contributed by atoms with Gasteiger partial charge in [0.2, 0.25) is 0 Å². The summed E-state index contributed by atoms with van der Waals surface area (Å²) in [6.07, 6.45) is 66.0. The lowest BCUT2D eigenvalue weighted by Gasteiger charge is -2.25. The van der Waals surface area contributed by atoms with E-state index in [-0.39, 0.29) is 38.2 Å². The Bertz CT molecular complexity index is 1260. The van der Waals surface area contributed by atoms with Crippen molar-refractivity contribution in [2.24, 2.45) is 0 Å². The van der Waals surface area contributed by atoms with Crippen LogP contribution in [0.25, 0.3) is 0 Å². The third kappa shape index (κ3) is 57.5. The van der Waals surface area contributed by atoms with Gasteiger partial charge < -0.3 is 28.5 Å². The van der Waals surface area contributed by atoms with Crippen molar-refractivity contribution in [3.8, 4) is 0 Å². The van der Waals surface area contributed by atoms with Crippen LogP contribution in [-0.2, 0) is 33.3 Å². The molecule has 0 aromatic rings. The van der Waals surface area contributed by atoms with Crippen molar-refractivity contribution in [3.63, 3.8) is 0 Å². The van der Waals surface area contributed by atoms with Gasteiger partial charge in [-0.15, -0.1) is 0 Å². The van der Waals surface area contributed by atoms with Crippen LogP contribution in [0.5, 0.6) is 0 Å². The Morgan fingerprint density at radius 3 is 1.07 bits per heavy atom. The Hall–Kier alpha value is -2.23. The first-order valence-corrected chi connectivity index (χ1v) is 32.0. The maximum atomic E-state index is 12.9. The maximum absolute atomic E-state index is 12.9. The van der Waals surface area contributed by atoms with E-state index < -0.39 is 18.4 Å². The van der Waals surface area contributed by atoms with Gasteiger partial charge in [0.1, 0.15) is 13.2 Å². The summed E-state index contributed by atoms with van der Waals surface area (Å²) in [4.78, 5) is 37.3. The van der Waals surface area contributed by atoms with E-state index in [1.807, 2.05) is 21.1 Å². The van der Waals surface area contributed by atoms with E-state index in [0.717, 1.165) is 44.9 Å². The molecule has 2 atom stereocenters. The number of hydrogen-bond donors (Lipinski definition) is 1. The Balaban J connectivity index is 3.86. The Labute approximate surface area is 458 Å². The van der Waals surface area contributed by atoms with Gasteiger partial charge >= 0.3 is 17.9 Å². The number of hydrogen-bond acceptors (Lipinski definition) is 7. The monoisotopic (exact) mass is 1050 g/mol. The zero-order chi connectivity index (χ0) is 54.1. The van der Waals surface area contributed by atoms with Crippen LogP contribution in [0.4, 0.5) is 0 Å². The Kier molecular flexibility index (Phi) is 55.2. The highest BCUT2D eigenvalue weighted by Gasteiger charge is 2.25. The summed E-state index contributed by atoms with van der Waals surface area (Å²) >= 11 is 0. The molecule has 0 saturated carbocycles. The zero-order valence-electron chi connectivity index (χ0n) is 49.8. The van der Waals surface area contributed by atoms with Gasteiger partial charge in [-0.3, -0.25) is 9.59 Å². The molecule has 0 aromatic carbocycles. The van der Waals surface area contributed by atoms with Gasteiger partial charge in [0.05, 0.1) is 34.4 Å². The number of carbonyl (C=O) groups excluding carboxylic acids is 2. The van der Waals surface area contributed by atoms with E-state index in [2.05, 4.69) is 38.2 Å². The van der Waals surface area contributed by atoms with Crippen molar-refractivity contribution < 1.29 is 42.9 Å². The average molecular weight is 1050 g/mol. The van der Waals surface area contributed by atoms with Crippen molar-refractivity contribution in [1.29, 1.82) is 0 Å². The number of nitrogens with zero attached hydrogens (tertiary/aromatic N) is 1. The molecular weight excluding hydrogens is 923 g/mol. The van der Waals surface area contributed by atoms with E-state index in [1.165, 1.54) is 244 Å². The van der Waals surface area contributed by atoms with E-state index in [4.69, 9.17) is 18.9 Å². The van der Waals surface area contributed by atoms with Crippen molar-refractivity contribution in [3.05, 3.63) is 24.3 Å². The Morgan fingerprint density at radius 1 is 0.405 bits per heavy atom. The largest absolute Gasteiger partial charge is 0.477 e. The number of likely N-dealkylation sites (N-methyl/N-ethyl adjacent to an activating group) is 1. The molecular formula is C65H124NO8+. The van der Waals surface area contributed by atoms with Gasteiger partial charge in [0, 0.05) is 12.8 Å². The highest BCUT2D eigenvalue weighted by molar-refractivity contribution is 5.71. The predicted molar refractivity (Wildman–Crippen MR) is 314 cm³/mol. The highest BCUT2D eigenvalue weighted by atomic mass is 16.7. The minimum atomic E-state index is -1.50. The molecule has 9 nitrogen and oxygen atoms in total. The smallest absolute Gasteiger partial charge is 0.361 e. The summed E-state index contributed by atoms with van der Waals surface area (Å²) in [5.41, 5.74) is 0. The predicted octanol–water partition coefficient (Wildman–Crippen LogP) is 19.1. The van der Waals surface area contributed by atoms with Gasteiger partial charge in [-0.1, -0.05) is 282 Å². The number of allylic oxidation sites excluding steroid dienone is 4. The van der Waals surface area contributed by atoms with Gasteiger partial charge in [0.25, 0.3) is 6.29 Å². The first-order chi connectivity index (χ1) is 36.1. The molecule has 0 aliphatic carbocycles. The summed E-state index contributed by atoms with van der Waals surface area (Å²) < 4.78 is 22.8. The molecule has 0 heterocycles. The summed E-state index contributed by atoms with van der Waals surface area (Å²) in [7, 11) is 5.97. The first-order valence-electron chi connectivity index (χ1n) is 32.0. The van der Waals surface area contributed by atoms with Gasteiger partial charge in [-0.25, -0.2) is 4.79 Å². The molecule has 0 amide bonds. The lowest BCUT2D eigenvalue weighted by atomic mass is 10.0. The topological polar surface area (TPSA) is 108 Å². The number of carboxylic acid groups (broad SMARTS) is 1. The highest BCUT2D eigenvalue weighted by Crippen LogP contribution is 2.18. The number of quaternary nitrogens is 1. The van der Waals surface area contributed by atoms with Gasteiger partial charge in [0.15, 0.2) is 6.10 Å². The molecule has 0 fully saturated rings. The van der Waals surface area contributed by atoms with Crippen LogP contribution < -0.4 is 0 Å². The number of aliphatic carboxylic acids is 1. The number of rotatable bonds is 60. The lowest BCUT2D eigenvalue weighted by Crippen LogP contribution is -2.40. The molecule has 9 heteroatoms. The standard InChI is InChI=1S/C65H123NO8/c1-6-8-10-12-14-16-18-19-20-21-22-23-24-25-26-27-28-29-30-31-32-33-34-35-36-37-38-39-40-41-42-43-44-45-46-48-50-52-54-56-63(68)74-61(60-73-65(64(69)70)71-58-57-66(3,4)5)59-72-62(67)55-53-51-49-47-17-15-13-11-9-7-2/h18-19,21-22,61,65H,6-17,20,23-60H2,1-5H3/p+1/b19-18-,22-21-. The molecule has 0 bridgehead atoms. The number of ether oxygens (including phenoxy) is 4. The molecule has 2 unspecified atom stereocenters. The second-order valence-corrected chi connectivity index (χ2v) is 23.1. The fourth-order valence-corrected chi connectivity index (χ4v) is 9.52. The number of carbonyl (C=O) groups is 3. The molecule has 0 aliphatic heterocycles. The van der Waals surface area contributed by atoms with E-state index >= 15 is 0 Å². The van der Waals surface area contributed by atoms with Crippen molar-refractivity contribution in [1.82, 2.24) is 0 Å². The first kappa shape index (κ1) is 71.8. The summed E-state index contributed by atoms with van der Waals surface area (Å²) in [5.74, 6) is -1.98. The van der Waals surface area contributed by atoms with Crippen molar-refractivity contribution in [2.45, 2.75) is 328 Å². The van der Waals surface area contributed by atoms with Crippen LogP contribution in [0.2, 0.25) is 0 Å². The lowest BCUT2D eigenvalue weighted by molar-refractivity contribution is -0.870. The molecule has 0 aromatic heterocycles. The molecule has 74 heavy (non-hydrogen) atoms. The molecule has 436 valence electrons. The molecule has 0 spiro atoms. The minimum absolute atomic E-state index is 0.175. The van der Waals surface area contributed by atoms with E-state index in [0.29, 0.717) is 17.4 Å². The minimum Gasteiger partial charge on any atom is -0.477 e. The Morgan fingerprint density at radius 2 is 0.730 bits per heavy atom. The molecule has 0 saturated heterocycles. The zero-order valence-corrected chi connectivity index (χ0v) is 49.8. The van der Waals surface area contributed by atoms with E-state index in [9.17, 15) is 19.5 Å². The van der Waals surface area contributed by atoms with Crippen LogP contribution in [0, 0.1) is 0 Å². The summed E-state index contributed by atoms with van der Waals surface area (Å²) in [5, 5.41) is 9.68. The van der Waals surface area contributed by atoms with E-state index in [1.54, 1.807) is 0 Å². The van der Waals surface area contributed by atoms with Crippen LogP contribution in [0.3, 0.4) is 0 Å². The van der Waals surface area contributed by atoms with Gasteiger partial charge in [-0.05, 0) is 44.9 Å². The van der Waals surface area contributed by atoms with Crippen LogP contribution in [-0.4, -0.2) is 87.4 Å². The van der Waals surface area contributed by atoms with Crippen molar-refractivity contribution in [2.75, 3.05) is 47.5 Å². The summed E-state index contributed by atoms with van der Waals surface area (Å²) in [6.45, 7) is 4.89. The maximum Gasteiger partial charge on any atom is 0.361 e. The van der Waals surface area contributed by atoms with Crippen molar-refractivity contribution >= 4 is 17.9 Å². The normalized spacial score (nSPS) is 12.8. The molecule has 0 radical (unpaired) electrons. The third-order valence-electron chi connectivity index (χ3n) is 14.5. The SMILES string of the molecule is CCCCCCC/C=C\C/C=C\CCCCCCCCCCCCCCCCCCCCCCCCCCCCCC(=O)OC(COC(=O)CCCCCCCCCCCC)COC(OCC[N+](C)(C)C)C(=O)O. The molecule has 0 aliphatic rings. The van der Waals surface area contributed by atoms with Gasteiger partial charge in [-0.2, -0.15) is 0 Å². The average Bonchev–Trinajstić information content (AvgIpc) is 3.37. The quantitative estimate of drug-likeness (QED) is 0.0211. The number of esters is 2. The van der Waals surface area contributed by atoms with Crippen LogP contribution in [0.1, 0.15) is 316 Å². The third-order valence-corrected chi connectivity index (χ3v) is 14.5. The number of unbranched alkanes of at least 4 members (excludes halogenated alkanes) is 41. The summed E-state index contributed by atoms with van der Waals surface area (Å²) in [6, 6.07) is 0. The van der Waals surface area contributed by atoms with Crippen LogP contribution >= 0.6 is 0 Å².